The zero-order valence-corrected chi connectivity index (χ0v) is 19.9. The van der Waals surface area contributed by atoms with Crippen LogP contribution in [0.25, 0.3) is 11.3 Å². The molecule has 0 spiro atoms. The molecule has 3 aromatic rings. The monoisotopic (exact) mass is 490 g/mol. The van der Waals surface area contributed by atoms with Crippen LogP contribution < -0.4 is 15.0 Å². The summed E-state index contributed by atoms with van der Waals surface area (Å²) in [4.78, 5) is 57.7. The molecule has 4 amide bonds. The summed E-state index contributed by atoms with van der Waals surface area (Å²) in [5, 5.41) is 4.84. The highest BCUT2D eigenvalue weighted by molar-refractivity contribution is 7.14. The second kappa shape index (κ2) is 8.95. The Morgan fingerprint density at radius 3 is 2.54 bits per heavy atom. The van der Waals surface area contributed by atoms with Gasteiger partial charge in [-0.3, -0.25) is 24.1 Å². The molecule has 1 N–H and O–H groups in total. The molecule has 178 valence electrons. The Kier molecular flexibility index (Phi) is 5.81. The number of aromatic nitrogens is 1. The third-order valence-electron chi connectivity index (χ3n) is 5.97. The van der Waals surface area contributed by atoms with E-state index in [0.717, 1.165) is 16.9 Å². The number of amides is 4. The molecule has 10 heteroatoms. The van der Waals surface area contributed by atoms with Crippen molar-refractivity contribution in [2.75, 3.05) is 23.4 Å². The fourth-order valence-electron chi connectivity index (χ4n) is 4.18. The Bertz CT molecular complexity index is 1330. The molecule has 5 rings (SSSR count). The van der Waals surface area contributed by atoms with Crippen LogP contribution in [0, 0.1) is 0 Å². The predicted molar refractivity (Wildman–Crippen MR) is 131 cm³/mol. The number of benzene rings is 2. The molecule has 0 saturated carbocycles. The first kappa shape index (κ1) is 22.7. The Balaban J connectivity index is 1.33. The van der Waals surface area contributed by atoms with Crippen molar-refractivity contribution in [3.05, 3.63) is 59.0 Å². The smallest absolute Gasteiger partial charge is 0.265 e. The first-order valence-electron chi connectivity index (χ1n) is 11.2. The fourth-order valence-corrected chi connectivity index (χ4v) is 4.90. The van der Waals surface area contributed by atoms with Crippen molar-refractivity contribution in [2.45, 2.75) is 26.3 Å². The average molecular weight is 491 g/mol. The highest BCUT2D eigenvalue weighted by Crippen LogP contribution is 2.37. The van der Waals surface area contributed by atoms with Crippen molar-refractivity contribution in [3.8, 4) is 17.0 Å². The van der Waals surface area contributed by atoms with Gasteiger partial charge in [-0.15, -0.1) is 11.3 Å². The molecule has 3 heterocycles. The summed E-state index contributed by atoms with van der Waals surface area (Å²) in [7, 11) is 0. The number of imide groups is 1. The van der Waals surface area contributed by atoms with E-state index in [1.165, 1.54) is 18.3 Å². The van der Waals surface area contributed by atoms with Gasteiger partial charge in [0, 0.05) is 17.5 Å². The lowest BCUT2D eigenvalue weighted by Crippen LogP contribution is -2.45. The van der Waals surface area contributed by atoms with E-state index >= 15 is 0 Å². The predicted octanol–water partition coefficient (Wildman–Crippen LogP) is 3.57. The van der Waals surface area contributed by atoms with Gasteiger partial charge in [-0.2, -0.15) is 0 Å². The van der Waals surface area contributed by atoms with Crippen molar-refractivity contribution < 1.29 is 23.9 Å². The molecule has 2 aliphatic rings. The van der Waals surface area contributed by atoms with Gasteiger partial charge < -0.3 is 15.0 Å². The van der Waals surface area contributed by atoms with E-state index in [0.29, 0.717) is 39.9 Å². The summed E-state index contributed by atoms with van der Waals surface area (Å²) in [5.41, 5.74) is 2.67. The number of carbonyl (C=O) groups is 4. The van der Waals surface area contributed by atoms with Crippen LogP contribution in [-0.2, 0) is 9.59 Å². The topological polar surface area (TPSA) is 109 Å². The van der Waals surface area contributed by atoms with Crippen molar-refractivity contribution >= 4 is 45.8 Å². The van der Waals surface area contributed by atoms with E-state index in [2.05, 4.69) is 10.3 Å². The van der Waals surface area contributed by atoms with Crippen molar-refractivity contribution in [1.29, 1.82) is 0 Å². The Morgan fingerprint density at radius 2 is 1.86 bits per heavy atom. The second-order valence-electron chi connectivity index (χ2n) is 8.25. The van der Waals surface area contributed by atoms with Gasteiger partial charge in [0.05, 0.1) is 22.5 Å². The van der Waals surface area contributed by atoms with Gasteiger partial charge in [-0.25, -0.2) is 4.98 Å². The summed E-state index contributed by atoms with van der Waals surface area (Å²) in [6, 6.07) is 11.0. The standard InChI is InChI=1S/C25H22N4O5S/c1-3-10-28-19-11-15(8-9-20(19)34-12-21(28)30)18-13-35-25(26-18)27-22(31)14(2)29-23(32)16-6-4-5-7-17(16)24(29)33/h4-9,11,13-14H,3,10,12H2,1-2H3,(H,26,27,31)/t14-/m1/s1. The zero-order valence-electron chi connectivity index (χ0n) is 19.1. The second-order valence-corrected chi connectivity index (χ2v) is 9.10. The van der Waals surface area contributed by atoms with Crippen molar-refractivity contribution in [2.24, 2.45) is 0 Å². The van der Waals surface area contributed by atoms with Gasteiger partial charge in [0.2, 0.25) is 5.91 Å². The van der Waals surface area contributed by atoms with Crippen LogP contribution in [0.2, 0.25) is 0 Å². The molecular weight excluding hydrogens is 468 g/mol. The van der Waals surface area contributed by atoms with Gasteiger partial charge in [0.15, 0.2) is 11.7 Å². The van der Waals surface area contributed by atoms with Crippen LogP contribution in [0.15, 0.2) is 47.8 Å². The van der Waals surface area contributed by atoms with Crippen molar-refractivity contribution in [3.63, 3.8) is 0 Å². The largest absolute Gasteiger partial charge is 0.482 e. The molecule has 1 aromatic heterocycles. The molecule has 9 nitrogen and oxygen atoms in total. The summed E-state index contributed by atoms with van der Waals surface area (Å²) in [6.07, 6.45) is 0.813. The molecule has 0 aliphatic carbocycles. The number of carbonyl (C=O) groups excluding carboxylic acids is 4. The van der Waals surface area contributed by atoms with E-state index in [-0.39, 0.29) is 12.5 Å². The number of nitrogens with zero attached hydrogens (tertiary/aromatic N) is 3. The number of fused-ring (bicyclic) bond motifs is 2. The molecule has 0 bridgehead atoms. The van der Waals surface area contributed by atoms with Crippen LogP contribution in [0.4, 0.5) is 10.8 Å². The van der Waals surface area contributed by atoms with Gasteiger partial charge in [-0.1, -0.05) is 19.1 Å². The molecule has 2 aromatic carbocycles. The SMILES string of the molecule is CCCN1C(=O)COc2ccc(-c3csc(NC(=O)[C@@H](C)N4C(=O)c5ccccc5C4=O)n3)cc21. The minimum Gasteiger partial charge on any atom is -0.482 e. The summed E-state index contributed by atoms with van der Waals surface area (Å²) in [5.74, 6) is -0.949. The van der Waals surface area contributed by atoms with E-state index in [1.54, 1.807) is 34.5 Å². The number of thiazole rings is 1. The lowest BCUT2D eigenvalue weighted by atomic mass is 10.1. The molecule has 35 heavy (non-hydrogen) atoms. The quantitative estimate of drug-likeness (QED) is 0.529. The zero-order chi connectivity index (χ0) is 24.7. The number of ether oxygens (including phenoxy) is 1. The van der Waals surface area contributed by atoms with Crippen LogP contribution >= 0.6 is 11.3 Å². The maximum absolute atomic E-state index is 12.9. The molecule has 0 radical (unpaired) electrons. The Hall–Kier alpha value is -4.05. The third-order valence-corrected chi connectivity index (χ3v) is 6.73. The highest BCUT2D eigenvalue weighted by atomic mass is 32.1. The van der Waals surface area contributed by atoms with E-state index in [4.69, 9.17) is 4.74 Å². The molecule has 0 fully saturated rings. The van der Waals surface area contributed by atoms with Crippen LogP contribution in [0.1, 0.15) is 41.0 Å². The fraction of sp³-hybridized carbons (Fsp3) is 0.240. The number of nitrogens with one attached hydrogen (secondary N) is 1. The van der Waals surface area contributed by atoms with E-state index in [9.17, 15) is 19.2 Å². The Morgan fingerprint density at radius 1 is 1.14 bits per heavy atom. The summed E-state index contributed by atoms with van der Waals surface area (Å²) < 4.78 is 5.55. The minimum atomic E-state index is -1.01. The maximum atomic E-state index is 12.9. The molecule has 0 saturated heterocycles. The van der Waals surface area contributed by atoms with Crippen LogP contribution in [0.3, 0.4) is 0 Å². The highest BCUT2D eigenvalue weighted by Gasteiger charge is 2.40. The maximum Gasteiger partial charge on any atom is 0.265 e. The van der Waals surface area contributed by atoms with Gasteiger partial charge >= 0.3 is 0 Å². The Labute approximate surface area is 205 Å². The molecule has 0 unspecified atom stereocenters. The van der Waals surface area contributed by atoms with Crippen LogP contribution in [-0.4, -0.2) is 52.7 Å². The summed E-state index contributed by atoms with van der Waals surface area (Å²) in [6.45, 7) is 4.12. The first-order valence-corrected chi connectivity index (χ1v) is 12.1. The lowest BCUT2D eigenvalue weighted by Gasteiger charge is -2.29. The van der Waals surface area contributed by atoms with Gasteiger partial charge in [0.1, 0.15) is 11.8 Å². The number of anilines is 2. The van der Waals surface area contributed by atoms with Crippen LogP contribution in [0.5, 0.6) is 5.75 Å². The lowest BCUT2D eigenvalue weighted by molar-refractivity contribution is -0.121. The number of hydrogen-bond donors (Lipinski definition) is 1. The normalized spacial score (nSPS) is 15.5. The third kappa shape index (κ3) is 3.95. The molecule has 1 atom stereocenters. The summed E-state index contributed by atoms with van der Waals surface area (Å²) >= 11 is 1.23. The van der Waals surface area contributed by atoms with Crippen molar-refractivity contribution in [1.82, 2.24) is 9.88 Å². The van der Waals surface area contributed by atoms with E-state index < -0.39 is 23.8 Å². The first-order chi connectivity index (χ1) is 16.9. The minimum absolute atomic E-state index is 0.0184. The molecular formula is C25H22N4O5S. The average Bonchev–Trinajstić information content (AvgIpc) is 3.43. The number of rotatable bonds is 6. The van der Waals surface area contributed by atoms with E-state index in [1.807, 2.05) is 25.1 Å². The van der Waals surface area contributed by atoms with Gasteiger partial charge in [0.25, 0.3) is 17.7 Å². The van der Waals surface area contributed by atoms with Gasteiger partial charge in [-0.05, 0) is 43.7 Å². The number of hydrogen-bond acceptors (Lipinski definition) is 7. The molecule has 2 aliphatic heterocycles.